The van der Waals surface area contributed by atoms with Gasteiger partial charge in [-0.25, -0.2) is 9.59 Å². The van der Waals surface area contributed by atoms with Crippen LogP contribution in [0.15, 0.2) is 109 Å². The lowest BCUT2D eigenvalue weighted by Gasteiger charge is -2.29. The number of carbonyl (C=O) groups is 2. The molecule has 56 heavy (non-hydrogen) atoms. The van der Waals surface area contributed by atoms with E-state index in [2.05, 4.69) is 50.2 Å². The van der Waals surface area contributed by atoms with Crippen LogP contribution in [0.3, 0.4) is 0 Å². The smallest absolute Gasteiger partial charge is 0.344 e. The molecular weight excluding hydrogens is 689 g/mol. The predicted molar refractivity (Wildman–Crippen MR) is 230 cm³/mol. The molecule has 0 spiro atoms. The highest BCUT2D eigenvalue weighted by Gasteiger charge is 2.24. The second kappa shape index (κ2) is 15.7. The van der Waals surface area contributed by atoms with Gasteiger partial charge in [-0.1, -0.05) is 125 Å². The Kier molecular flexibility index (Phi) is 10.2. The fraction of sp³-hybridized carbons (Fsp3) is 0.346. The van der Waals surface area contributed by atoms with Gasteiger partial charge in [-0.3, -0.25) is 0 Å². The van der Waals surface area contributed by atoms with Gasteiger partial charge in [0.05, 0.1) is 11.1 Å². The molecule has 2 aliphatic carbocycles. The van der Waals surface area contributed by atoms with Crippen molar-refractivity contribution in [1.82, 2.24) is 0 Å². The number of rotatable bonds is 10. The largest absolute Gasteiger partial charge is 0.423 e. The van der Waals surface area contributed by atoms with Crippen LogP contribution in [0.2, 0.25) is 0 Å². The molecule has 0 heterocycles. The molecule has 284 valence electrons. The molecule has 7 aromatic rings. The number of unbranched alkanes of at least 4 members (excludes halogenated alkanes) is 2. The van der Waals surface area contributed by atoms with E-state index in [9.17, 15) is 9.59 Å². The van der Waals surface area contributed by atoms with Gasteiger partial charge < -0.3 is 9.47 Å². The van der Waals surface area contributed by atoms with Crippen molar-refractivity contribution in [3.8, 4) is 11.5 Å². The Morgan fingerprint density at radius 3 is 1.39 bits per heavy atom. The van der Waals surface area contributed by atoms with Crippen molar-refractivity contribution in [3.05, 3.63) is 131 Å². The average Bonchev–Trinajstić information content (AvgIpc) is 3.23. The van der Waals surface area contributed by atoms with Crippen LogP contribution in [-0.4, -0.2) is 11.9 Å². The maximum absolute atomic E-state index is 13.8. The monoisotopic (exact) mass is 740 g/mol. The molecule has 9 rings (SSSR count). The van der Waals surface area contributed by atoms with E-state index in [1.54, 1.807) is 0 Å². The van der Waals surface area contributed by atoms with Gasteiger partial charge in [-0.2, -0.15) is 0 Å². The number of carbonyl (C=O) groups excluding carboxylic acids is 2. The molecule has 4 heteroatoms. The second-order valence-corrected chi connectivity index (χ2v) is 16.9. The summed E-state index contributed by atoms with van der Waals surface area (Å²) in [6.07, 6.45) is 15.5. The molecule has 7 aromatic carbocycles. The molecule has 2 fully saturated rings. The summed E-state index contributed by atoms with van der Waals surface area (Å²) in [5.41, 5.74) is 3.75. The first-order valence-corrected chi connectivity index (χ1v) is 21.2. The highest BCUT2D eigenvalue weighted by Crippen LogP contribution is 2.43. The molecule has 2 saturated carbocycles. The minimum Gasteiger partial charge on any atom is -0.423 e. The zero-order valence-corrected chi connectivity index (χ0v) is 32.8. The maximum atomic E-state index is 13.8. The van der Waals surface area contributed by atoms with Crippen molar-refractivity contribution in [2.24, 2.45) is 11.8 Å². The van der Waals surface area contributed by atoms with Crippen molar-refractivity contribution in [2.75, 3.05) is 0 Å². The van der Waals surface area contributed by atoms with Crippen LogP contribution in [0.25, 0.3) is 43.1 Å². The van der Waals surface area contributed by atoms with Gasteiger partial charge in [-0.05, 0) is 153 Å². The van der Waals surface area contributed by atoms with Crippen molar-refractivity contribution in [2.45, 2.75) is 103 Å². The Morgan fingerprint density at radius 2 is 0.929 bits per heavy atom. The quantitative estimate of drug-likeness (QED) is 0.0461. The number of esters is 2. The molecule has 0 N–H and O–H groups in total. The van der Waals surface area contributed by atoms with Crippen LogP contribution in [0, 0.1) is 11.8 Å². The first-order valence-electron chi connectivity index (χ1n) is 21.2. The highest BCUT2D eigenvalue weighted by molar-refractivity contribution is 6.35. The third-order valence-electron chi connectivity index (χ3n) is 13.3. The summed E-state index contributed by atoms with van der Waals surface area (Å²) in [4.78, 5) is 27.6. The maximum Gasteiger partial charge on any atom is 0.344 e. The van der Waals surface area contributed by atoms with Crippen molar-refractivity contribution < 1.29 is 19.1 Å². The van der Waals surface area contributed by atoms with E-state index in [0.717, 1.165) is 54.9 Å². The average molecular weight is 741 g/mol. The fourth-order valence-electron chi connectivity index (χ4n) is 10.1. The molecule has 2 aliphatic rings. The van der Waals surface area contributed by atoms with Gasteiger partial charge in [0, 0.05) is 0 Å². The number of fused-ring (bicyclic) bond motifs is 2. The number of hydrogen-bond donors (Lipinski definition) is 0. The van der Waals surface area contributed by atoms with E-state index < -0.39 is 0 Å². The molecule has 0 aliphatic heterocycles. The zero-order chi connectivity index (χ0) is 38.2. The third-order valence-corrected chi connectivity index (χ3v) is 13.3. The van der Waals surface area contributed by atoms with Gasteiger partial charge in [0.15, 0.2) is 0 Å². The zero-order valence-electron chi connectivity index (χ0n) is 32.8. The number of benzene rings is 7. The predicted octanol–water partition coefficient (Wildman–Crippen LogP) is 14.3. The Balaban J connectivity index is 0.954. The van der Waals surface area contributed by atoms with Crippen LogP contribution in [0.5, 0.6) is 11.5 Å². The molecule has 0 atom stereocenters. The van der Waals surface area contributed by atoms with Crippen LogP contribution < -0.4 is 9.47 Å². The van der Waals surface area contributed by atoms with E-state index in [-0.39, 0.29) is 11.9 Å². The standard InChI is InChI=1S/C52H52O4/c1-3-4-5-8-34-15-19-36(20-16-34)38-23-27-40(28-24-38)56-52(54)48-32-30-46-41-9-6-11-43-47(31-29-45(49(41)43)42-10-7-12-44(48)50(42)46)51(53)55-39-25-21-37(22-26-39)35-17-13-33(2)14-18-35/h6-7,9-12,21-36H,3-5,8,13-20H2,1-2H3. The Hall–Kier alpha value is -5.22. The van der Waals surface area contributed by atoms with Gasteiger partial charge in [0.2, 0.25) is 0 Å². The molecular formula is C52H52O4. The van der Waals surface area contributed by atoms with Gasteiger partial charge in [0.25, 0.3) is 0 Å². The first-order chi connectivity index (χ1) is 27.4. The molecule has 0 amide bonds. The van der Waals surface area contributed by atoms with Crippen LogP contribution >= 0.6 is 0 Å². The SMILES string of the molecule is CCCCCC1CCC(c2ccc(OC(=O)c3ccc4c5cccc6c(C(=O)Oc7ccc(C8CCC(C)CC8)cc7)ccc(c7cccc3c74)c65)cc2)CC1. The van der Waals surface area contributed by atoms with Crippen molar-refractivity contribution >= 4 is 55.0 Å². The molecule has 4 nitrogen and oxygen atoms in total. The summed E-state index contributed by atoms with van der Waals surface area (Å²) in [6.45, 7) is 4.62. The Bertz CT molecular complexity index is 2480. The summed E-state index contributed by atoms with van der Waals surface area (Å²) in [5, 5.41) is 7.89. The van der Waals surface area contributed by atoms with Crippen LogP contribution in [0.4, 0.5) is 0 Å². The first kappa shape index (κ1) is 36.4. The van der Waals surface area contributed by atoms with Gasteiger partial charge in [0.1, 0.15) is 11.5 Å². The number of hydrogen-bond acceptors (Lipinski definition) is 4. The molecule has 0 radical (unpaired) electrons. The van der Waals surface area contributed by atoms with E-state index in [0.29, 0.717) is 34.5 Å². The molecule has 0 bridgehead atoms. The molecule has 0 aromatic heterocycles. The lowest BCUT2D eigenvalue weighted by atomic mass is 9.77. The summed E-state index contributed by atoms with van der Waals surface area (Å²) in [6, 6.07) is 36.4. The Morgan fingerprint density at radius 1 is 0.500 bits per heavy atom. The molecule has 0 saturated heterocycles. The lowest BCUT2D eigenvalue weighted by molar-refractivity contribution is 0.0727. The third kappa shape index (κ3) is 7.04. The lowest BCUT2D eigenvalue weighted by Crippen LogP contribution is -2.13. The van der Waals surface area contributed by atoms with E-state index >= 15 is 0 Å². The van der Waals surface area contributed by atoms with Crippen LogP contribution in [0.1, 0.15) is 135 Å². The minimum atomic E-state index is -0.367. The van der Waals surface area contributed by atoms with Crippen LogP contribution in [-0.2, 0) is 0 Å². The second-order valence-electron chi connectivity index (χ2n) is 16.9. The number of ether oxygens (including phenoxy) is 2. The summed E-state index contributed by atoms with van der Waals surface area (Å²) in [7, 11) is 0. The highest BCUT2D eigenvalue weighted by atomic mass is 16.5. The minimum absolute atomic E-state index is 0.363. The normalized spacial score (nSPS) is 20.2. The van der Waals surface area contributed by atoms with Gasteiger partial charge in [-0.15, -0.1) is 0 Å². The van der Waals surface area contributed by atoms with E-state index in [1.165, 1.54) is 88.2 Å². The molecule has 0 unspecified atom stereocenters. The summed E-state index contributed by atoms with van der Waals surface area (Å²) < 4.78 is 12.0. The topological polar surface area (TPSA) is 52.6 Å². The van der Waals surface area contributed by atoms with Gasteiger partial charge >= 0.3 is 11.9 Å². The van der Waals surface area contributed by atoms with E-state index in [1.807, 2.05) is 72.8 Å². The summed E-state index contributed by atoms with van der Waals surface area (Å²) in [5.74, 6) is 3.26. The van der Waals surface area contributed by atoms with E-state index in [4.69, 9.17) is 9.47 Å². The van der Waals surface area contributed by atoms with Crippen molar-refractivity contribution in [3.63, 3.8) is 0 Å². The van der Waals surface area contributed by atoms with Crippen molar-refractivity contribution in [1.29, 1.82) is 0 Å². The Labute approximate surface area is 330 Å². The fourth-order valence-corrected chi connectivity index (χ4v) is 10.1. The summed E-state index contributed by atoms with van der Waals surface area (Å²) >= 11 is 0.